The third kappa shape index (κ3) is 17.9. The second-order valence-electron chi connectivity index (χ2n) is 7.00. The van der Waals surface area contributed by atoms with Gasteiger partial charge in [-0.2, -0.15) is 0 Å². The Hall–Kier alpha value is -0.0400. The van der Waals surface area contributed by atoms with Crippen molar-refractivity contribution in [2.45, 2.75) is 117 Å². The zero-order valence-corrected chi connectivity index (χ0v) is 15.0. The Labute approximate surface area is 134 Å². The molecule has 1 heteroatoms. The zero-order chi connectivity index (χ0) is 15.6. The predicted molar refractivity (Wildman–Crippen MR) is 95.8 cm³/mol. The molecule has 0 rings (SSSR count). The van der Waals surface area contributed by atoms with Gasteiger partial charge in [-0.15, -0.1) is 0 Å². The lowest BCUT2D eigenvalue weighted by molar-refractivity contribution is 0.256. The van der Waals surface area contributed by atoms with Crippen molar-refractivity contribution < 1.29 is 5.11 Å². The van der Waals surface area contributed by atoms with Crippen LogP contribution in [0.3, 0.4) is 0 Å². The van der Waals surface area contributed by atoms with Crippen molar-refractivity contribution in [1.82, 2.24) is 0 Å². The van der Waals surface area contributed by atoms with Crippen LogP contribution in [0, 0.1) is 5.92 Å². The van der Waals surface area contributed by atoms with E-state index >= 15 is 0 Å². The van der Waals surface area contributed by atoms with Crippen LogP contribution < -0.4 is 0 Å². The van der Waals surface area contributed by atoms with E-state index in [0.717, 1.165) is 6.42 Å². The molecule has 0 aliphatic carbocycles. The summed E-state index contributed by atoms with van der Waals surface area (Å²) in [6, 6.07) is 0. The lowest BCUT2D eigenvalue weighted by Gasteiger charge is -2.08. The highest BCUT2D eigenvalue weighted by Gasteiger charge is 2.00. The topological polar surface area (TPSA) is 20.2 Å². The molecule has 0 unspecified atom stereocenters. The molecule has 0 aliphatic rings. The van der Waals surface area contributed by atoms with Gasteiger partial charge in [0.15, 0.2) is 0 Å². The van der Waals surface area contributed by atoms with Crippen molar-refractivity contribution in [3.63, 3.8) is 0 Å². The first-order chi connectivity index (χ1) is 10.3. The smallest absolute Gasteiger partial charge is 0.0433 e. The summed E-state index contributed by atoms with van der Waals surface area (Å²) in [4.78, 5) is 0. The molecule has 1 nitrogen and oxygen atoms in total. The molecule has 0 aromatic rings. The van der Waals surface area contributed by atoms with Gasteiger partial charge in [0.2, 0.25) is 0 Å². The number of hydrogen-bond donors (Lipinski definition) is 1. The fourth-order valence-electron chi connectivity index (χ4n) is 3.05. The normalized spacial score (nSPS) is 12.7. The minimum atomic E-state index is 0.361. The van der Waals surface area contributed by atoms with E-state index in [-0.39, 0.29) is 0 Å². The Balaban J connectivity index is 2.99. The van der Waals surface area contributed by atoms with Crippen molar-refractivity contribution in [3.05, 3.63) is 0 Å². The van der Waals surface area contributed by atoms with E-state index in [0.29, 0.717) is 12.5 Å². The summed E-state index contributed by atoms with van der Waals surface area (Å²) >= 11 is 0. The van der Waals surface area contributed by atoms with E-state index < -0.39 is 0 Å². The van der Waals surface area contributed by atoms with E-state index in [1.807, 2.05) is 0 Å². The van der Waals surface area contributed by atoms with Gasteiger partial charge < -0.3 is 5.11 Å². The summed E-state index contributed by atoms with van der Waals surface area (Å²) in [5.41, 5.74) is 0. The van der Waals surface area contributed by atoms with E-state index in [2.05, 4.69) is 13.8 Å². The molecule has 0 aromatic heterocycles. The molecule has 21 heavy (non-hydrogen) atoms. The molecule has 1 atom stereocenters. The van der Waals surface area contributed by atoms with Crippen LogP contribution >= 0.6 is 0 Å². The Morgan fingerprint density at radius 2 is 0.952 bits per heavy atom. The summed E-state index contributed by atoms with van der Waals surface area (Å²) < 4.78 is 0. The van der Waals surface area contributed by atoms with Gasteiger partial charge in [0.05, 0.1) is 0 Å². The van der Waals surface area contributed by atoms with Crippen molar-refractivity contribution in [1.29, 1.82) is 0 Å². The van der Waals surface area contributed by atoms with Gasteiger partial charge in [0.1, 0.15) is 0 Å². The molecular weight excluding hydrogens is 256 g/mol. The molecule has 0 heterocycles. The molecule has 0 aliphatic heterocycles. The fourth-order valence-corrected chi connectivity index (χ4v) is 3.05. The van der Waals surface area contributed by atoms with Crippen LogP contribution in [-0.4, -0.2) is 11.7 Å². The SMILES string of the molecule is CCCCCCCCCCCCCCCC[C@H](C)CCO. The van der Waals surface area contributed by atoms with E-state index in [1.165, 1.54) is 96.3 Å². The fraction of sp³-hybridized carbons (Fsp3) is 1.00. The molecule has 0 amide bonds. The first-order valence-electron chi connectivity index (χ1n) is 9.92. The largest absolute Gasteiger partial charge is 0.396 e. The predicted octanol–water partition coefficient (Wildman–Crippen LogP) is 6.88. The molecule has 1 N–H and O–H groups in total. The van der Waals surface area contributed by atoms with Gasteiger partial charge in [0.25, 0.3) is 0 Å². The van der Waals surface area contributed by atoms with E-state index in [1.54, 1.807) is 0 Å². The Bertz CT molecular complexity index is 179. The number of unbranched alkanes of at least 4 members (excludes halogenated alkanes) is 13. The average Bonchev–Trinajstić information content (AvgIpc) is 2.48. The molecule has 0 saturated carbocycles. The average molecular weight is 299 g/mol. The summed E-state index contributed by atoms with van der Waals surface area (Å²) in [6.07, 6.45) is 22.4. The maximum atomic E-state index is 8.85. The highest BCUT2D eigenvalue weighted by molar-refractivity contribution is 4.54. The van der Waals surface area contributed by atoms with Crippen LogP contribution in [0.25, 0.3) is 0 Å². The van der Waals surface area contributed by atoms with Gasteiger partial charge in [-0.1, -0.05) is 110 Å². The highest BCUT2D eigenvalue weighted by atomic mass is 16.3. The molecule has 128 valence electrons. The summed E-state index contributed by atoms with van der Waals surface area (Å²) in [7, 11) is 0. The lowest BCUT2D eigenvalue weighted by atomic mass is 9.99. The van der Waals surface area contributed by atoms with Crippen molar-refractivity contribution in [2.75, 3.05) is 6.61 Å². The van der Waals surface area contributed by atoms with E-state index in [4.69, 9.17) is 5.11 Å². The highest BCUT2D eigenvalue weighted by Crippen LogP contribution is 2.15. The van der Waals surface area contributed by atoms with Crippen LogP contribution in [0.2, 0.25) is 0 Å². The monoisotopic (exact) mass is 298 g/mol. The zero-order valence-electron chi connectivity index (χ0n) is 15.0. The van der Waals surface area contributed by atoms with E-state index in [9.17, 15) is 0 Å². The molecule has 0 aromatic carbocycles. The van der Waals surface area contributed by atoms with Crippen molar-refractivity contribution in [2.24, 2.45) is 5.92 Å². The first kappa shape index (κ1) is 21.0. The second-order valence-corrected chi connectivity index (χ2v) is 7.00. The Kier molecular flexibility index (Phi) is 18.0. The van der Waals surface area contributed by atoms with Gasteiger partial charge >= 0.3 is 0 Å². The summed E-state index contributed by atoms with van der Waals surface area (Å²) in [5, 5.41) is 8.85. The van der Waals surface area contributed by atoms with Gasteiger partial charge in [0, 0.05) is 6.61 Å². The van der Waals surface area contributed by atoms with Crippen LogP contribution in [-0.2, 0) is 0 Å². The molecular formula is C20H42O. The standard InChI is InChI=1S/C20H42O/c1-3-4-5-6-7-8-9-10-11-12-13-14-15-16-17-20(2)18-19-21/h20-21H,3-19H2,1-2H3/t20-/m0/s1. The number of rotatable bonds is 17. The minimum Gasteiger partial charge on any atom is -0.396 e. The quantitative estimate of drug-likeness (QED) is 0.290. The summed E-state index contributed by atoms with van der Waals surface area (Å²) in [5.74, 6) is 0.715. The van der Waals surface area contributed by atoms with Gasteiger partial charge in [-0.05, 0) is 12.3 Å². The van der Waals surface area contributed by atoms with Crippen molar-refractivity contribution >= 4 is 0 Å². The third-order valence-corrected chi connectivity index (χ3v) is 4.67. The molecule has 0 bridgehead atoms. The Morgan fingerprint density at radius 3 is 1.33 bits per heavy atom. The van der Waals surface area contributed by atoms with Crippen LogP contribution in [0.5, 0.6) is 0 Å². The molecule has 0 saturated heterocycles. The number of hydrogen-bond acceptors (Lipinski definition) is 1. The number of aliphatic hydroxyl groups is 1. The van der Waals surface area contributed by atoms with Crippen molar-refractivity contribution in [3.8, 4) is 0 Å². The number of aliphatic hydroxyl groups excluding tert-OH is 1. The van der Waals surface area contributed by atoms with Crippen LogP contribution in [0.4, 0.5) is 0 Å². The van der Waals surface area contributed by atoms with Crippen LogP contribution in [0.15, 0.2) is 0 Å². The summed E-state index contributed by atoms with van der Waals surface area (Å²) in [6.45, 7) is 4.91. The maximum Gasteiger partial charge on any atom is 0.0433 e. The van der Waals surface area contributed by atoms with Crippen LogP contribution in [0.1, 0.15) is 117 Å². The molecule has 0 radical (unpaired) electrons. The molecule has 0 fully saturated rings. The minimum absolute atomic E-state index is 0.361. The van der Waals surface area contributed by atoms with Gasteiger partial charge in [-0.3, -0.25) is 0 Å². The maximum absolute atomic E-state index is 8.85. The third-order valence-electron chi connectivity index (χ3n) is 4.67. The Morgan fingerprint density at radius 1 is 0.571 bits per heavy atom. The molecule has 0 spiro atoms. The first-order valence-corrected chi connectivity index (χ1v) is 9.92. The van der Waals surface area contributed by atoms with Gasteiger partial charge in [-0.25, -0.2) is 0 Å². The second kappa shape index (κ2) is 18.0. The lowest BCUT2D eigenvalue weighted by Crippen LogP contribution is -1.97.